The van der Waals surface area contributed by atoms with E-state index < -0.39 is 10.1 Å². The van der Waals surface area contributed by atoms with Crippen molar-refractivity contribution in [3.63, 3.8) is 0 Å². The molecule has 3 heterocycles. The van der Waals surface area contributed by atoms with E-state index in [-0.39, 0.29) is 11.8 Å². The number of pyridine rings is 1. The Hall–Kier alpha value is -1.81. The largest absolute Gasteiger partial charge is 0.265 e. The van der Waals surface area contributed by atoms with Crippen molar-refractivity contribution in [1.29, 1.82) is 0 Å². The van der Waals surface area contributed by atoms with Gasteiger partial charge in [0.2, 0.25) is 0 Å². The number of rotatable bonds is 5. The van der Waals surface area contributed by atoms with Gasteiger partial charge in [-0.2, -0.15) is 13.5 Å². The van der Waals surface area contributed by atoms with E-state index in [1.54, 1.807) is 30.1 Å². The summed E-state index contributed by atoms with van der Waals surface area (Å²) >= 11 is 7.66. The molecular weight excluding hydrogens is 372 g/mol. The number of aryl methyl sites for hydroxylation is 1. The predicted molar refractivity (Wildman–Crippen MR) is 91.8 cm³/mol. The molecule has 0 unspecified atom stereocenters. The minimum atomic E-state index is -3.60. The fourth-order valence-electron chi connectivity index (χ4n) is 2.07. The van der Waals surface area contributed by atoms with Gasteiger partial charge in [-0.05, 0) is 19.1 Å². The molecular formula is C14H13ClN4O3S2. The highest BCUT2D eigenvalue weighted by molar-refractivity contribution is 7.85. The summed E-state index contributed by atoms with van der Waals surface area (Å²) in [5.74, 6) is 0. The van der Waals surface area contributed by atoms with Crippen LogP contribution in [0.4, 0.5) is 0 Å². The number of nitrogens with zero attached hydrogens (tertiary/aromatic N) is 4. The van der Waals surface area contributed by atoms with E-state index in [1.807, 2.05) is 11.4 Å². The predicted octanol–water partition coefficient (Wildman–Crippen LogP) is 2.83. The van der Waals surface area contributed by atoms with Crippen LogP contribution >= 0.6 is 22.9 Å². The zero-order valence-electron chi connectivity index (χ0n) is 12.8. The Morgan fingerprint density at radius 3 is 2.88 bits per heavy atom. The lowest BCUT2D eigenvalue weighted by Gasteiger charge is -2.12. The fourth-order valence-corrected chi connectivity index (χ4v) is 3.29. The third kappa shape index (κ3) is 3.81. The molecule has 7 nitrogen and oxygen atoms in total. The van der Waals surface area contributed by atoms with Gasteiger partial charge in [0.25, 0.3) is 10.1 Å². The van der Waals surface area contributed by atoms with Gasteiger partial charge in [-0.25, -0.2) is 14.6 Å². The Kier molecular flexibility index (Phi) is 4.68. The molecule has 0 saturated carbocycles. The number of hydrogen-bond acceptors (Lipinski definition) is 7. The molecule has 10 heteroatoms. The normalized spacial score (nSPS) is 11.8. The molecule has 0 aliphatic heterocycles. The lowest BCUT2D eigenvalue weighted by Crippen LogP contribution is -2.09. The first-order valence-electron chi connectivity index (χ1n) is 6.80. The Labute approximate surface area is 148 Å². The molecule has 0 fully saturated rings. The second kappa shape index (κ2) is 6.60. The van der Waals surface area contributed by atoms with E-state index in [1.165, 1.54) is 11.3 Å². The van der Waals surface area contributed by atoms with Crippen molar-refractivity contribution in [2.45, 2.75) is 13.5 Å². The molecule has 0 bridgehead atoms. The third-order valence-corrected chi connectivity index (χ3v) is 4.74. The van der Waals surface area contributed by atoms with E-state index in [2.05, 4.69) is 15.1 Å². The Morgan fingerprint density at radius 2 is 2.21 bits per heavy atom. The van der Waals surface area contributed by atoms with Crippen LogP contribution < -0.4 is 0 Å². The van der Waals surface area contributed by atoms with Gasteiger partial charge >= 0.3 is 0 Å². The van der Waals surface area contributed by atoms with E-state index in [9.17, 15) is 8.42 Å². The first-order valence-corrected chi connectivity index (χ1v) is 9.87. The fraction of sp³-hybridized carbons (Fsp3) is 0.214. The molecule has 0 aliphatic rings. The minimum absolute atomic E-state index is 0.181. The molecule has 0 N–H and O–H groups in total. The summed E-state index contributed by atoms with van der Waals surface area (Å²) in [4.78, 5) is 8.38. The van der Waals surface area contributed by atoms with Crippen molar-refractivity contribution in [2.75, 3.05) is 6.26 Å². The maximum Gasteiger partial charge on any atom is 0.264 e. The van der Waals surface area contributed by atoms with Crippen molar-refractivity contribution in [3.8, 4) is 16.4 Å². The van der Waals surface area contributed by atoms with Crippen molar-refractivity contribution in [2.24, 2.45) is 0 Å². The molecule has 0 spiro atoms. The van der Waals surface area contributed by atoms with Crippen LogP contribution in [0.25, 0.3) is 16.4 Å². The zero-order valence-corrected chi connectivity index (χ0v) is 15.2. The van der Waals surface area contributed by atoms with Crippen molar-refractivity contribution in [3.05, 3.63) is 46.3 Å². The van der Waals surface area contributed by atoms with Crippen LogP contribution in [0.1, 0.15) is 11.3 Å². The maximum absolute atomic E-state index is 11.3. The Balaban J connectivity index is 2.03. The topological polar surface area (TPSA) is 87.0 Å². The molecule has 126 valence electrons. The van der Waals surface area contributed by atoms with Gasteiger partial charge in [-0.1, -0.05) is 11.6 Å². The lowest BCUT2D eigenvalue weighted by molar-refractivity contribution is 0.311. The molecule has 24 heavy (non-hydrogen) atoms. The first-order chi connectivity index (χ1) is 11.3. The summed E-state index contributed by atoms with van der Waals surface area (Å²) in [5.41, 5.74) is 2.45. The van der Waals surface area contributed by atoms with Gasteiger partial charge in [0.05, 0.1) is 18.6 Å². The summed E-state index contributed by atoms with van der Waals surface area (Å²) < 4.78 is 29.0. The molecule has 0 atom stereocenters. The van der Waals surface area contributed by atoms with Gasteiger partial charge in [-0.15, -0.1) is 11.3 Å². The summed E-state index contributed by atoms with van der Waals surface area (Å²) in [5, 5.41) is 7.32. The highest BCUT2D eigenvalue weighted by atomic mass is 35.5. The van der Waals surface area contributed by atoms with Crippen LogP contribution in [-0.4, -0.2) is 34.4 Å². The van der Waals surface area contributed by atoms with Gasteiger partial charge in [-0.3, -0.25) is 4.18 Å². The van der Waals surface area contributed by atoms with Gasteiger partial charge in [0.1, 0.15) is 15.9 Å². The van der Waals surface area contributed by atoms with Gasteiger partial charge < -0.3 is 0 Å². The molecule has 3 aromatic rings. The number of halogens is 1. The molecule has 0 aliphatic carbocycles. The van der Waals surface area contributed by atoms with E-state index in [0.29, 0.717) is 22.6 Å². The first kappa shape index (κ1) is 17.0. The summed E-state index contributed by atoms with van der Waals surface area (Å²) in [7, 11) is -3.60. The van der Waals surface area contributed by atoms with Crippen LogP contribution in [0.15, 0.2) is 29.9 Å². The smallest absolute Gasteiger partial charge is 0.264 e. The van der Waals surface area contributed by atoms with Crippen molar-refractivity contribution in [1.82, 2.24) is 19.7 Å². The van der Waals surface area contributed by atoms with E-state index in [0.717, 1.165) is 11.3 Å². The second-order valence-electron chi connectivity index (χ2n) is 5.00. The van der Waals surface area contributed by atoms with Crippen LogP contribution in [0.3, 0.4) is 0 Å². The SMILES string of the molecule is Cc1cc(-n2ccc(-c3nccs3)n2)c(COS(C)(=O)=O)c(Cl)n1. The maximum atomic E-state index is 11.3. The summed E-state index contributed by atoms with van der Waals surface area (Å²) in [6.45, 7) is 1.58. The lowest BCUT2D eigenvalue weighted by atomic mass is 10.2. The number of hydrogen-bond donors (Lipinski definition) is 0. The highest BCUT2D eigenvalue weighted by Gasteiger charge is 2.16. The quantitative estimate of drug-likeness (QED) is 0.496. The van der Waals surface area contributed by atoms with Crippen LogP contribution in [0.2, 0.25) is 5.15 Å². The molecule has 3 aromatic heterocycles. The average Bonchev–Trinajstić information content (AvgIpc) is 3.15. The number of thiazole rings is 1. The molecule has 0 radical (unpaired) electrons. The van der Waals surface area contributed by atoms with E-state index in [4.69, 9.17) is 15.8 Å². The Bertz CT molecular complexity index is 968. The molecule has 3 rings (SSSR count). The second-order valence-corrected chi connectivity index (χ2v) is 7.90. The number of aromatic nitrogens is 4. The van der Waals surface area contributed by atoms with Crippen LogP contribution in [0.5, 0.6) is 0 Å². The van der Waals surface area contributed by atoms with Gasteiger partial charge in [0.15, 0.2) is 0 Å². The van der Waals surface area contributed by atoms with Crippen molar-refractivity contribution < 1.29 is 12.6 Å². The third-order valence-electron chi connectivity index (χ3n) is 3.08. The van der Waals surface area contributed by atoms with Crippen LogP contribution in [0, 0.1) is 6.92 Å². The average molecular weight is 385 g/mol. The molecule has 0 aromatic carbocycles. The van der Waals surface area contributed by atoms with Crippen LogP contribution in [-0.2, 0) is 20.9 Å². The minimum Gasteiger partial charge on any atom is -0.265 e. The zero-order chi connectivity index (χ0) is 17.3. The summed E-state index contributed by atoms with van der Waals surface area (Å²) in [6, 6.07) is 3.59. The Morgan fingerprint density at radius 1 is 1.42 bits per heavy atom. The molecule has 0 saturated heterocycles. The monoisotopic (exact) mass is 384 g/mol. The van der Waals surface area contributed by atoms with E-state index >= 15 is 0 Å². The highest BCUT2D eigenvalue weighted by Crippen LogP contribution is 2.26. The standard InChI is InChI=1S/C14H13ClN4O3S2/c1-9-7-12(10(13(15)17-9)8-22-24(2,20)21)19-5-3-11(18-19)14-16-4-6-23-14/h3-7H,8H2,1-2H3. The summed E-state index contributed by atoms with van der Waals surface area (Å²) in [6.07, 6.45) is 4.44. The molecule has 0 amide bonds. The van der Waals surface area contributed by atoms with Crippen molar-refractivity contribution >= 4 is 33.1 Å². The van der Waals surface area contributed by atoms with Gasteiger partial charge in [0, 0.05) is 29.0 Å².